The van der Waals surface area contributed by atoms with Crippen LogP contribution in [-0.4, -0.2) is 11.8 Å². The molecule has 0 spiro atoms. The smallest absolute Gasteiger partial charge is 0.251 e. The van der Waals surface area contributed by atoms with Crippen LogP contribution in [0.2, 0.25) is 0 Å². The number of thiophene rings is 1. The van der Waals surface area contributed by atoms with Crippen molar-refractivity contribution >= 4 is 28.2 Å². The Labute approximate surface area is 153 Å². The van der Waals surface area contributed by atoms with Crippen LogP contribution in [0.25, 0.3) is 0 Å². The van der Waals surface area contributed by atoms with E-state index in [-0.39, 0.29) is 11.8 Å². The van der Waals surface area contributed by atoms with E-state index in [4.69, 9.17) is 5.73 Å². The van der Waals surface area contributed by atoms with Gasteiger partial charge in [-0.2, -0.15) is 0 Å². The second-order valence-corrected chi connectivity index (χ2v) is 9.35. The van der Waals surface area contributed by atoms with Gasteiger partial charge in [-0.25, -0.2) is 0 Å². The lowest BCUT2D eigenvalue weighted by atomic mass is 9.84. The van der Waals surface area contributed by atoms with Crippen LogP contribution in [0.3, 0.4) is 0 Å². The molecule has 136 valence electrons. The van der Waals surface area contributed by atoms with E-state index >= 15 is 0 Å². The molecule has 25 heavy (non-hydrogen) atoms. The summed E-state index contributed by atoms with van der Waals surface area (Å²) in [5, 5.41) is 3.81. The Balaban J connectivity index is 1.55. The van der Waals surface area contributed by atoms with E-state index in [1.165, 1.54) is 37.0 Å². The third-order valence-corrected chi connectivity index (χ3v) is 7.79. The maximum Gasteiger partial charge on any atom is 0.251 e. The molecular weight excluding hydrogens is 332 g/mol. The highest BCUT2D eigenvalue weighted by Crippen LogP contribution is 2.49. The largest absolute Gasteiger partial charge is 0.365 e. The molecule has 0 radical (unpaired) electrons. The topological polar surface area (TPSA) is 72.2 Å². The molecule has 4 rings (SSSR count). The Bertz CT molecular complexity index is 696. The summed E-state index contributed by atoms with van der Waals surface area (Å²) in [6.07, 6.45) is 10.2. The van der Waals surface area contributed by atoms with Crippen molar-refractivity contribution in [3.05, 3.63) is 16.0 Å². The lowest BCUT2D eigenvalue weighted by Crippen LogP contribution is -2.28. The zero-order chi connectivity index (χ0) is 17.6. The van der Waals surface area contributed by atoms with Crippen molar-refractivity contribution in [1.82, 2.24) is 0 Å². The van der Waals surface area contributed by atoms with Crippen LogP contribution in [0.15, 0.2) is 0 Å². The minimum Gasteiger partial charge on any atom is -0.365 e. The zero-order valence-electron chi connectivity index (χ0n) is 15.0. The molecule has 2 saturated carbocycles. The van der Waals surface area contributed by atoms with Crippen LogP contribution in [0.1, 0.15) is 72.7 Å². The summed E-state index contributed by atoms with van der Waals surface area (Å²) >= 11 is 1.59. The number of hydrogen-bond acceptors (Lipinski definition) is 3. The molecule has 2 amide bonds. The van der Waals surface area contributed by atoms with Crippen LogP contribution in [0, 0.1) is 23.7 Å². The maximum absolute atomic E-state index is 12.8. The Morgan fingerprint density at radius 3 is 2.72 bits per heavy atom. The fourth-order valence-electron chi connectivity index (χ4n) is 5.43. The fourth-order valence-corrected chi connectivity index (χ4v) is 6.80. The molecule has 1 heterocycles. The van der Waals surface area contributed by atoms with Crippen LogP contribution in [0.5, 0.6) is 0 Å². The summed E-state index contributed by atoms with van der Waals surface area (Å²) in [4.78, 5) is 26.1. The van der Waals surface area contributed by atoms with Crippen LogP contribution < -0.4 is 11.1 Å². The number of primary amides is 1. The van der Waals surface area contributed by atoms with E-state index in [0.717, 1.165) is 37.2 Å². The predicted molar refractivity (Wildman–Crippen MR) is 101 cm³/mol. The van der Waals surface area contributed by atoms with Gasteiger partial charge in [-0.1, -0.05) is 26.2 Å². The highest BCUT2D eigenvalue weighted by molar-refractivity contribution is 7.17. The number of fused-ring (bicyclic) bond motifs is 3. The monoisotopic (exact) mass is 360 g/mol. The van der Waals surface area contributed by atoms with E-state index in [2.05, 4.69) is 12.2 Å². The molecule has 1 aromatic heterocycles. The number of nitrogens with two attached hydrogens (primary N) is 1. The number of nitrogens with one attached hydrogen (secondary N) is 1. The second kappa shape index (κ2) is 6.75. The first kappa shape index (κ1) is 17.1. The third kappa shape index (κ3) is 3.12. The first-order chi connectivity index (χ1) is 12.1. The molecule has 0 aliphatic heterocycles. The van der Waals surface area contributed by atoms with Crippen LogP contribution in [0.4, 0.5) is 5.00 Å². The molecule has 5 heteroatoms. The summed E-state index contributed by atoms with van der Waals surface area (Å²) in [6, 6.07) is 0. The van der Waals surface area contributed by atoms with E-state index in [1.807, 2.05) is 0 Å². The molecule has 0 aromatic carbocycles. The Morgan fingerprint density at radius 2 is 2.08 bits per heavy atom. The number of rotatable bonds is 5. The van der Waals surface area contributed by atoms with Crippen LogP contribution >= 0.6 is 11.3 Å². The summed E-state index contributed by atoms with van der Waals surface area (Å²) < 4.78 is 0. The Kier molecular flexibility index (Phi) is 4.61. The molecule has 1 aromatic rings. The van der Waals surface area contributed by atoms with Gasteiger partial charge in [0.2, 0.25) is 5.91 Å². The predicted octanol–water partition coefficient (Wildman–Crippen LogP) is 4.13. The molecule has 3 aliphatic rings. The van der Waals surface area contributed by atoms with E-state index < -0.39 is 5.91 Å². The fraction of sp³-hybridized carbons (Fsp3) is 0.700. The average molecular weight is 361 g/mol. The van der Waals surface area contributed by atoms with E-state index in [0.29, 0.717) is 22.4 Å². The molecule has 2 bridgehead atoms. The molecule has 4 atom stereocenters. The van der Waals surface area contributed by atoms with E-state index in [9.17, 15) is 9.59 Å². The van der Waals surface area contributed by atoms with Gasteiger partial charge in [0.1, 0.15) is 5.00 Å². The van der Waals surface area contributed by atoms with Crippen molar-refractivity contribution in [2.75, 3.05) is 5.32 Å². The molecular formula is C20H28N2O2S. The lowest BCUT2D eigenvalue weighted by molar-refractivity contribution is -0.121. The zero-order valence-corrected chi connectivity index (χ0v) is 15.8. The standard InChI is InChI=1S/C20H28N2O2S/c1-2-3-11-5-7-14-16(10-11)25-20(17(14)18(21)23)22-19(24)15-9-12-4-6-13(15)8-12/h11-13,15H,2-10H2,1H3,(H2,21,23)(H,22,24)/t11-,12-,13-,15+/m0/s1. The van der Waals surface area contributed by atoms with Gasteiger partial charge in [0.05, 0.1) is 5.56 Å². The van der Waals surface area contributed by atoms with E-state index in [1.54, 1.807) is 11.3 Å². The van der Waals surface area contributed by atoms with Gasteiger partial charge in [-0.05, 0) is 61.8 Å². The Morgan fingerprint density at radius 1 is 1.24 bits per heavy atom. The third-order valence-electron chi connectivity index (χ3n) is 6.62. The van der Waals surface area contributed by atoms with Gasteiger partial charge < -0.3 is 11.1 Å². The number of anilines is 1. The highest BCUT2D eigenvalue weighted by Gasteiger charge is 2.43. The molecule has 0 saturated heterocycles. The summed E-state index contributed by atoms with van der Waals surface area (Å²) in [6.45, 7) is 2.22. The van der Waals surface area contributed by atoms with Crippen molar-refractivity contribution in [1.29, 1.82) is 0 Å². The molecule has 4 nitrogen and oxygen atoms in total. The maximum atomic E-state index is 12.8. The SMILES string of the molecule is CCC[C@H]1CCc2c(sc(NC(=O)[C@@H]3C[C@H]4CC[C@H]3C4)c2C(N)=O)C1. The second-order valence-electron chi connectivity index (χ2n) is 8.24. The van der Waals surface area contributed by atoms with Gasteiger partial charge >= 0.3 is 0 Å². The first-order valence-corrected chi connectivity index (χ1v) is 10.6. The number of carbonyl (C=O) groups excluding carboxylic acids is 2. The Hall–Kier alpha value is -1.36. The van der Waals surface area contributed by atoms with Gasteiger partial charge in [0.15, 0.2) is 0 Å². The van der Waals surface area contributed by atoms with Gasteiger partial charge in [0, 0.05) is 10.8 Å². The molecule has 0 unspecified atom stereocenters. The van der Waals surface area contributed by atoms with Crippen molar-refractivity contribution in [2.24, 2.45) is 29.4 Å². The molecule has 3 aliphatic carbocycles. The number of hydrogen-bond donors (Lipinski definition) is 2. The minimum absolute atomic E-state index is 0.110. The average Bonchev–Trinajstić information content (AvgIpc) is 3.27. The summed E-state index contributed by atoms with van der Waals surface area (Å²) in [5.74, 6) is 1.83. The van der Waals surface area contributed by atoms with Gasteiger partial charge in [0.25, 0.3) is 5.91 Å². The molecule has 3 N–H and O–H groups in total. The molecule has 2 fully saturated rings. The van der Waals surface area contributed by atoms with Gasteiger partial charge in [-0.15, -0.1) is 11.3 Å². The minimum atomic E-state index is -0.394. The number of amides is 2. The van der Waals surface area contributed by atoms with Crippen molar-refractivity contribution in [2.45, 2.75) is 64.7 Å². The van der Waals surface area contributed by atoms with Gasteiger partial charge in [-0.3, -0.25) is 9.59 Å². The van der Waals surface area contributed by atoms with Crippen molar-refractivity contribution in [3.8, 4) is 0 Å². The number of carbonyl (C=O) groups is 2. The lowest BCUT2D eigenvalue weighted by Gasteiger charge is -2.21. The van der Waals surface area contributed by atoms with Crippen LogP contribution in [-0.2, 0) is 17.6 Å². The van der Waals surface area contributed by atoms with Crippen molar-refractivity contribution in [3.63, 3.8) is 0 Å². The normalized spacial score (nSPS) is 30.3. The highest BCUT2D eigenvalue weighted by atomic mass is 32.1. The van der Waals surface area contributed by atoms with Crippen molar-refractivity contribution < 1.29 is 9.59 Å². The first-order valence-electron chi connectivity index (χ1n) is 9.82. The quantitative estimate of drug-likeness (QED) is 0.829. The summed E-state index contributed by atoms with van der Waals surface area (Å²) in [5.41, 5.74) is 7.38. The summed E-state index contributed by atoms with van der Waals surface area (Å²) in [7, 11) is 0.